The van der Waals surface area contributed by atoms with Crippen LogP contribution in [-0.4, -0.2) is 26.7 Å². The molecule has 0 aliphatic heterocycles. The zero-order valence-corrected chi connectivity index (χ0v) is 13.4. The highest BCUT2D eigenvalue weighted by atomic mass is 35.5. The van der Waals surface area contributed by atoms with E-state index in [1.807, 2.05) is 0 Å². The van der Waals surface area contributed by atoms with Crippen LogP contribution < -0.4 is 20.1 Å². The van der Waals surface area contributed by atoms with Gasteiger partial charge in [0.25, 0.3) is 0 Å². The van der Waals surface area contributed by atoms with Crippen molar-refractivity contribution in [1.82, 2.24) is 0 Å². The molecule has 0 bridgehead atoms. The Hall–Kier alpha value is -2.47. The molecule has 0 atom stereocenters. The maximum atomic E-state index is 13.1. The summed E-state index contributed by atoms with van der Waals surface area (Å²) >= 11 is 6.04. The van der Waals surface area contributed by atoms with Crippen LogP contribution in [0.1, 0.15) is 0 Å². The van der Waals surface area contributed by atoms with Gasteiger partial charge in [0.15, 0.2) is 0 Å². The van der Waals surface area contributed by atoms with E-state index in [4.69, 9.17) is 21.1 Å². The van der Waals surface area contributed by atoms with Crippen LogP contribution in [-0.2, 0) is 4.79 Å². The number of carbonyl (C=O) groups is 1. The van der Waals surface area contributed by atoms with Gasteiger partial charge in [-0.25, -0.2) is 4.39 Å². The summed E-state index contributed by atoms with van der Waals surface area (Å²) in [5, 5.41) is 5.86. The summed E-state index contributed by atoms with van der Waals surface area (Å²) in [6.07, 6.45) is 0. The molecule has 1 amide bonds. The van der Waals surface area contributed by atoms with Gasteiger partial charge in [-0.05, 0) is 24.3 Å². The van der Waals surface area contributed by atoms with Crippen molar-refractivity contribution in [2.45, 2.75) is 0 Å². The Morgan fingerprint density at radius 1 is 1.17 bits per heavy atom. The molecule has 0 unspecified atom stereocenters. The summed E-state index contributed by atoms with van der Waals surface area (Å²) in [6.45, 7) is -0.0315. The molecule has 0 saturated heterocycles. The minimum atomic E-state index is -0.376. The second-order valence-electron chi connectivity index (χ2n) is 4.60. The fourth-order valence-electron chi connectivity index (χ4n) is 1.93. The van der Waals surface area contributed by atoms with E-state index in [-0.39, 0.29) is 18.3 Å². The monoisotopic (exact) mass is 338 g/mol. The molecule has 2 aromatic rings. The smallest absolute Gasteiger partial charge is 0.243 e. The third-order valence-electron chi connectivity index (χ3n) is 3.03. The molecule has 0 heterocycles. The average Bonchev–Trinajstić information content (AvgIpc) is 2.53. The van der Waals surface area contributed by atoms with Gasteiger partial charge in [-0.1, -0.05) is 17.7 Å². The molecule has 0 fully saturated rings. The molecule has 122 valence electrons. The van der Waals surface area contributed by atoms with Crippen LogP contribution in [0.4, 0.5) is 15.8 Å². The van der Waals surface area contributed by atoms with Gasteiger partial charge in [-0.2, -0.15) is 0 Å². The Morgan fingerprint density at radius 2 is 1.91 bits per heavy atom. The molecule has 2 aromatic carbocycles. The lowest BCUT2D eigenvalue weighted by molar-refractivity contribution is -0.114. The highest BCUT2D eigenvalue weighted by Crippen LogP contribution is 2.35. The predicted octanol–water partition coefficient (Wildman–Crippen LogP) is 3.55. The normalized spacial score (nSPS) is 10.1. The molecular weight excluding hydrogens is 323 g/mol. The summed E-state index contributed by atoms with van der Waals surface area (Å²) in [5.74, 6) is 0.164. The average molecular weight is 339 g/mol. The SMILES string of the molecule is COc1cc(OC)c(NC(=O)CNc2cccc(F)c2)cc1Cl. The van der Waals surface area contributed by atoms with Crippen LogP contribution >= 0.6 is 11.6 Å². The molecule has 0 aromatic heterocycles. The number of rotatable bonds is 6. The van der Waals surface area contributed by atoms with Gasteiger partial charge in [-0.3, -0.25) is 4.79 Å². The summed E-state index contributed by atoms with van der Waals surface area (Å²) in [7, 11) is 2.96. The number of methoxy groups -OCH3 is 2. The molecule has 0 spiro atoms. The lowest BCUT2D eigenvalue weighted by Crippen LogP contribution is -2.22. The number of nitrogens with one attached hydrogen (secondary N) is 2. The van der Waals surface area contributed by atoms with E-state index < -0.39 is 0 Å². The van der Waals surface area contributed by atoms with E-state index in [0.29, 0.717) is 27.9 Å². The fraction of sp³-hybridized carbons (Fsp3) is 0.188. The van der Waals surface area contributed by atoms with Gasteiger partial charge in [0, 0.05) is 11.8 Å². The lowest BCUT2D eigenvalue weighted by atomic mass is 10.2. The summed E-state index contributed by atoms with van der Waals surface area (Å²) in [6, 6.07) is 8.98. The molecule has 23 heavy (non-hydrogen) atoms. The van der Waals surface area contributed by atoms with Gasteiger partial charge in [-0.15, -0.1) is 0 Å². The second-order valence-corrected chi connectivity index (χ2v) is 5.01. The molecule has 2 N–H and O–H groups in total. The zero-order valence-electron chi connectivity index (χ0n) is 12.7. The van der Waals surface area contributed by atoms with Crippen LogP contribution in [0.3, 0.4) is 0 Å². The first-order chi connectivity index (χ1) is 11.0. The molecule has 0 aliphatic carbocycles. The molecular formula is C16H16ClFN2O3. The van der Waals surface area contributed by atoms with E-state index in [2.05, 4.69) is 10.6 Å². The lowest BCUT2D eigenvalue weighted by Gasteiger charge is -2.13. The maximum Gasteiger partial charge on any atom is 0.243 e. The Balaban J connectivity index is 2.03. The highest BCUT2D eigenvalue weighted by molar-refractivity contribution is 6.32. The summed E-state index contributed by atoms with van der Waals surface area (Å²) in [4.78, 5) is 12.0. The van der Waals surface area contributed by atoms with Crippen LogP contribution in [0.5, 0.6) is 11.5 Å². The van der Waals surface area contributed by atoms with Gasteiger partial charge in [0.05, 0.1) is 31.5 Å². The Kier molecular flexibility index (Phi) is 5.65. The van der Waals surface area contributed by atoms with Crippen molar-refractivity contribution >= 4 is 28.9 Å². The van der Waals surface area contributed by atoms with Crippen molar-refractivity contribution in [3.8, 4) is 11.5 Å². The molecule has 0 radical (unpaired) electrons. The number of amides is 1. The van der Waals surface area contributed by atoms with Crippen molar-refractivity contribution in [3.05, 3.63) is 47.2 Å². The summed E-state index contributed by atoms with van der Waals surface area (Å²) in [5.41, 5.74) is 0.934. The van der Waals surface area contributed by atoms with Crippen molar-refractivity contribution < 1.29 is 18.7 Å². The quantitative estimate of drug-likeness (QED) is 0.845. The van der Waals surface area contributed by atoms with Gasteiger partial charge in [0.2, 0.25) is 5.91 Å². The first-order valence-corrected chi connectivity index (χ1v) is 7.12. The number of carbonyl (C=O) groups excluding carboxylic acids is 1. The maximum absolute atomic E-state index is 13.1. The third kappa shape index (κ3) is 4.50. The van der Waals surface area contributed by atoms with Crippen LogP contribution in [0, 0.1) is 5.82 Å². The molecule has 0 aliphatic rings. The van der Waals surface area contributed by atoms with Crippen molar-refractivity contribution in [1.29, 1.82) is 0 Å². The van der Waals surface area contributed by atoms with Gasteiger partial charge in [0.1, 0.15) is 17.3 Å². The van der Waals surface area contributed by atoms with E-state index in [9.17, 15) is 9.18 Å². The van der Waals surface area contributed by atoms with E-state index in [1.165, 1.54) is 26.4 Å². The summed E-state index contributed by atoms with van der Waals surface area (Å²) < 4.78 is 23.4. The Labute approximate surface area is 138 Å². The fourth-order valence-corrected chi connectivity index (χ4v) is 2.17. The second kappa shape index (κ2) is 7.69. The number of halogens is 2. The van der Waals surface area contributed by atoms with E-state index in [0.717, 1.165) is 0 Å². The molecule has 5 nitrogen and oxygen atoms in total. The number of hydrogen-bond donors (Lipinski definition) is 2. The van der Waals surface area contributed by atoms with Crippen molar-refractivity contribution in [3.63, 3.8) is 0 Å². The predicted molar refractivity (Wildman–Crippen MR) is 88.1 cm³/mol. The molecule has 2 rings (SSSR count). The topological polar surface area (TPSA) is 59.6 Å². The minimum absolute atomic E-state index is 0.0315. The van der Waals surface area contributed by atoms with Crippen LogP contribution in [0.2, 0.25) is 5.02 Å². The third-order valence-corrected chi connectivity index (χ3v) is 3.32. The van der Waals surface area contributed by atoms with Gasteiger partial charge < -0.3 is 20.1 Å². The number of benzene rings is 2. The number of anilines is 2. The molecule has 7 heteroatoms. The minimum Gasteiger partial charge on any atom is -0.495 e. The first-order valence-electron chi connectivity index (χ1n) is 6.74. The highest BCUT2D eigenvalue weighted by Gasteiger charge is 2.12. The number of ether oxygens (including phenoxy) is 2. The van der Waals surface area contributed by atoms with Crippen molar-refractivity contribution in [2.24, 2.45) is 0 Å². The number of hydrogen-bond acceptors (Lipinski definition) is 4. The van der Waals surface area contributed by atoms with Crippen molar-refractivity contribution in [2.75, 3.05) is 31.4 Å². The Bertz CT molecular complexity index is 710. The Morgan fingerprint density at radius 3 is 2.57 bits per heavy atom. The standard InChI is InChI=1S/C16H16ClFN2O3/c1-22-14-8-15(23-2)13(7-12(14)17)20-16(21)9-19-11-5-3-4-10(18)6-11/h3-8,19H,9H2,1-2H3,(H,20,21). The zero-order chi connectivity index (χ0) is 16.8. The molecule has 0 saturated carbocycles. The van der Waals surface area contributed by atoms with E-state index in [1.54, 1.807) is 24.3 Å². The van der Waals surface area contributed by atoms with Crippen LogP contribution in [0.15, 0.2) is 36.4 Å². The van der Waals surface area contributed by atoms with E-state index >= 15 is 0 Å². The van der Waals surface area contributed by atoms with Gasteiger partial charge >= 0.3 is 0 Å². The first kappa shape index (κ1) is 16.9. The van der Waals surface area contributed by atoms with Crippen LogP contribution in [0.25, 0.3) is 0 Å². The largest absolute Gasteiger partial charge is 0.495 e.